The topological polar surface area (TPSA) is 38.1 Å². The van der Waals surface area contributed by atoms with Crippen molar-refractivity contribution in [3.63, 3.8) is 0 Å². The number of nitrogens with zero attached hydrogens (tertiary/aromatic N) is 1. The number of halogens is 1. The molecule has 1 aromatic carbocycles. The van der Waals surface area contributed by atoms with E-state index in [4.69, 9.17) is 4.52 Å². The fourth-order valence-corrected chi connectivity index (χ4v) is 1.63. The van der Waals surface area contributed by atoms with E-state index in [2.05, 4.69) is 10.5 Å². The Bertz CT molecular complexity index is 478. The van der Waals surface area contributed by atoms with Crippen molar-refractivity contribution >= 4 is 0 Å². The molecule has 0 aliphatic heterocycles. The molecule has 90 valence electrons. The minimum Gasteiger partial charge on any atom is -0.361 e. The summed E-state index contributed by atoms with van der Waals surface area (Å²) in [5, 5.41) is 7.20. The zero-order chi connectivity index (χ0) is 12.3. The lowest BCUT2D eigenvalue weighted by atomic mass is 10.1. The summed E-state index contributed by atoms with van der Waals surface area (Å²) in [6.45, 7) is 4.52. The Morgan fingerprint density at radius 1 is 1.35 bits per heavy atom. The van der Waals surface area contributed by atoms with Crippen LogP contribution in [0.5, 0.6) is 0 Å². The second kappa shape index (κ2) is 5.10. The Hall–Kier alpha value is -1.68. The molecule has 0 fully saturated rings. The number of hydrogen-bond donors (Lipinski definition) is 1. The van der Waals surface area contributed by atoms with Gasteiger partial charge in [-0.25, -0.2) is 4.39 Å². The lowest BCUT2D eigenvalue weighted by Crippen LogP contribution is -2.18. The summed E-state index contributed by atoms with van der Waals surface area (Å²) >= 11 is 0. The molecule has 4 heteroatoms. The fraction of sp³-hybridized carbons (Fsp3) is 0.308. The first-order valence-corrected chi connectivity index (χ1v) is 5.56. The molecule has 0 amide bonds. The largest absolute Gasteiger partial charge is 0.361 e. The molecule has 2 aromatic rings. The maximum absolute atomic E-state index is 12.8. The Kier molecular flexibility index (Phi) is 3.54. The SMILES string of the molecule is Cc1cc(CNC(C)c2ccc(F)cc2)no1. The first-order valence-electron chi connectivity index (χ1n) is 5.56. The van der Waals surface area contributed by atoms with Crippen LogP contribution in [0.1, 0.15) is 30.0 Å². The molecule has 1 aromatic heterocycles. The van der Waals surface area contributed by atoms with Crippen molar-refractivity contribution < 1.29 is 8.91 Å². The van der Waals surface area contributed by atoms with Gasteiger partial charge in [0.15, 0.2) is 0 Å². The van der Waals surface area contributed by atoms with Crippen LogP contribution in [0.4, 0.5) is 4.39 Å². The van der Waals surface area contributed by atoms with Crippen LogP contribution in [0, 0.1) is 12.7 Å². The summed E-state index contributed by atoms with van der Waals surface area (Å²) in [4.78, 5) is 0. The van der Waals surface area contributed by atoms with Crippen LogP contribution in [-0.4, -0.2) is 5.16 Å². The van der Waals surface area contributed by atoms with Crippen molar-refractivity contribution in [2.75, 3.05) is 0 Å². The number of aryl methyl sites for hydroxylation is 1. The van der Waals surface area contributed by atoms with Gasteiger partial charge in [0.05, 0.1) is 5.69 Å². The third-order valence-corrected chi connectivity index (χ3v) is 2.64. The van der Waals surface area contributed by atoms with Gasteiger partial charge >= 0.3 is 0 Å². The second-order valence-corrected chi connectivity index (χ2v) is 4.08. The van der Waals surface area contributed by atoms with Crippen LogP contribution in [0.15, 0.2) is 34.9 Å². The summed E-state index contributed by atoms with van der Waals surface area (Å²) in [6.07, 6.45) is 0. The van der Waals surface area contributed by atoms with E-state index in [0.29, 0.717) is 6.54 Å². The molecule has 1 unspecified atom stereocenters. The number of hydrogen-bond acceptors (Lipinski definition) is 3. The lowest BCUT2D eigenvalue weighted by Gasteiger charge is -2.12. The van der Waals surface area contributed by atoms with Crippen molar-refractivity contribution in [3.8, 4) is 0 Å². The molecule has 1 heterocycles. The molecule has 0 bridgehead atoms. The van der Waals surface area contributed by atoms with Crippen molar-refractivity contribution in [2.24, 2.45) is 0 Å². The van der Waals surface area contributed by atoms with E-state index in [1.54, 1.807) is 12.1 Å². The van der Waals surface area contributed by atoms with Gasteiger partial charge in [0.1, 0.15) is 11.6 Å². The molecule has 1 N–H and O–H groups in total. The maximum atomic E-state index is 12.8. The molecule has 0 aliphatic carbocycles. The number of aromatic nitrogens is 1. The average molecular weight is 234 g/mol. The molecule has 0 radical (unpaired) electrons. The van der Waals surface area contributed by atoms with E-state index in [9.17, 15) is 4.39 Å². The van der Waals surface area contributed by atoms with E-state index < -0.39 is 0 Å². The molecular formula is C13H15FN2O. The molecule has 0 saturated carbocycles. The van der Waals surface area contributed by atoms with Crippen molar-refractivity contribution in [1.29, 1.82) is 0 Å². The van der Waals surface area contributed by atoms with E-state index in [1.807, 2.05) is 19.9 Å². The fourth-order valence-electron chi connectivity index (χ4n) is 1.63. The third kappa shape index (κ3) is 3.14. The molecule has 0 spiro atoms. The summed E-state index contributed by atoms with van der Waals surface area (Å²) in [7, 11) is 0. The quantitative estimate of drug-likeness (QED) is 0.883. The summed E-state index contributed by atoms with van der Waals surface area (Å²) < 4.78 is 17.7. The average Bonchev–Trinajstić information content (AvgIpc) is 2.73. The molecule has 2 rings (SSSR count). The van der Waals surface area contributed by atoms with Crippen LogP contribution < -0.4 is 5.32 Å². The Morgan fingerprint density at radius 2 is 2.06 bits per heavy atom. The predicted octanol–water partition coefficient (Wildman–Crippen LogP) is 2.97. The monoisotopic (exact) mass is 234 g/mol. The van der Waals surface area contributed by atoms with E-state index >= 15 is 0 Å². The van der Waals surface area contributed by atoms with Gasteiger partial charge in [-0.1, -0.05) is 17.3 Å². The number of rotatable bonds is 4. The first kappa shape index (κ1) is 11.8. The predicted molar refractivity (Wildman–Crippen MR) is 62.9 cm³/mol. The summed E-state index contributed by atoms with van der Waals surface area (Å²) in [6, 6.07) is 8.53. The highest BCUT2D eigenvalue weighted by Crippen LogP contribution is 2.13. The first-order chi connectivity index (χ1) is 8.15. The highest BCUT2D eigenvalue weighted by molar-refractivity contribution is 5.19. The van der Waals surface area contributed by atoms with Crippen molar-refractivity contribution in [1.82, 2.24) is 10.5 Å². The minimum absolute atomic E-state index is 0.146. The van der Waals surface area contributed by atoms with Crippen LogP contribution >= 0.6 is 0 Å². The van der Waals surface area contributed by atoms with Crippen LogP contribution in [0.3, 0.4) is 0 Å². The highest BCUT2D eigenvalue weighted by Gasteiger charge is 2.06. The zero-order valence-corrected chi connectivity index (χ0v) is 9.90. The molecule has 0 saturated heterocycles. The van der Waals surface area contributed by atoms with Gasteiger partial charge in [-0.15, -0.1) is 0 Å². The van der Waals surface area contributed by atoms with Gasteiger partial charge in [-0.3, -0.25) is 0 Å². The molecule has 3 nitrogen and oxygen atoms in total. The van der Waals surface area contributed by atoms with Crippen LogP contribution in [0.2, 0.25) is 0 Å². The number of benzene rings is 1. The minimum atomic E-state index is -0.215. The Labute approximate surface area is 99.6 Å². The smallest absolute Gasteiger partial charge is 0.133 e. The van der Waals surface area contributed by atoms with E-state index in [1.165, 1.54) is 12.1 Å². The van der Waals surface area contributed by atoms with Gasteiger partial charge in [0.25, 0.3) is 0 Å². The van der Waals surface area contributed by atoms with Gasteiger partial charge in [-0.05, 0) is 31.5 Å². The van der Waals surface area contributed by atoms with Gasteiger partial charge < -0.3 is 9.84 Å². The van der Waals surface area contributed by atoms with Crippen molar-refractivity contribution in [2.45, 2.75) is 26.4 Å². The Balaban J connectivity index is 1.93. The second-order valence-electron chi connectivity index (χ2n) is 4.08. The van der Waals surface area contributed by atoms with Gasteiger partial charge in [0.2, 0.25) is 0 Å². The van der Waals surface area contributed by atoms with Crippen molar-refractivity contribution in [3.05, 3.63) is 53.2 Å². The third-order valence-electron chi connectivity index (χ3n) is 2.64. The summed E-state index contributed by atoms with van der Waals surface area (Å²) in [5.41, 5.74) is 1.92. The molecule has 1 atom stereocenters. The summed E-state index contributed by atoms with van der Waals surface area (Å²) in [5.74, 6) is 0.587. The zero-order valence-electron chi connectivity index (χ0n) is 9.90. The van der Waals surface area contributed by atoms with Crippen LogP contribution in [0.25, 0.3) is 0 Å². The van der Waals surface area contributed by atoms with Gasteiger partial charge in [0, 0.05) is 18.7 Å². The molecule has 0 aliphatic rings. The lowest BCUT2D eigenvalue weighted by molar-refractivity contribution is 0.386. The van der Waals surface area contributed by atoms with Crippen LogP contribution in [-0.2, 0) is 6.54 Å². The standard InChI is InChI=1S/C13H15FN2O/c1-9-7-13(16-17-9)8-15-10(2)11-3-5-12(14)6-4-11/h3-7,10,15H,8H2,1-2H3. The molecule has 17 heavy (non-hydrogen) atoms. The normalized spacial score (nSPS) is 12.6. The highest BCUT2D eigenvalue weighted by atomic mass is 19.1. The number of nitrogens with one attached hydrogen (secondary N) is 1. The maximum Gasteiger partial charge on any atom is 0.133 e. The van der Waals surface area contributed by atoms with E-state index in [-0.39, 0.29) is 11.9 Å². The molecular weight excluding hydrogens is 219 g/mol. The Morgan fingerprint density at radius 3 is 2.65 bits per heavy atom. The van der Waals surface area contributed by atoms with E-state index in [0.717, 1.165) is 17.0 Å². The van der Waals surface area contributed by atoms with Gasteiger partial charge in [-0.2, -0.15) is 0 Å².